The van der Waals surface area contributed by atoms with E-state index < -0.39 is 11.8 Å². The van der Waals surface area contributed by atoms with Crippen molar-refractivity contribution in [2.45, 2.75) is 20.3 Å². The van der Waals surface area contributed by atoms with Crippen LogP contribution < -0.4 is 20.2 Å². The van der Waals surface area contributed by atoms with Crippen molar-refractivity contribution in [1.82, 2.24) is 5.43 Å². The Kier molecular flexibility index (Phi) is 7.80. The zero-order valence-electron chi connectivity index (χ0n) is 16.6. The average Bonchev–Trinajstić information content (AvgIpc) is 2.69. The Morgan fingerprint density at radius 2 is 1.97 bits per heavy atom. The molecule has 0 radical (unpaired) electrons. The van der Waals surface area contributed by atoms with Crippen LogP contribution in [0.5, 0.6) is 11.5 Å². The van der Waals surface area contributed by atoms with E-state index in [1.54, 1.807) is 24.3 Å². The van der Waals surface area contributed by atoms with Crippen molar-refractivity contribution in [3.63, 3.8) is 0 Å². The lowest BCUT2D eigenvalue weighted by molar-refractivity contribution is -0.126. The highest BCUT2D eigenvalue weighted by atomic mass is 16.5. The van der Waals surface area contributed by atoms with Gasteiger partial charge in [0.15, 0.2) is 11.5 Å². The molecule has 0 bridgehead atoms. The van der Waals surface area contributed by atoms with E-state index in [0.29, 0.717) is 22.7 Å². The standard InChI is InChI=1S/C22H23N3O4/c1-5-11-29-22-17(7-6-8-19(22)28-4)14-23-25-21(27)13-20(26)24-18-10-9-15(2)16(3)12-18/h1,6-10,12,14H,11,13H2,2-4H3,(H,24,26)(H,25,27). The number of methoxy groups -OCH3 is 1. The summed E-state index contributed by atoms with van der Waals surface area (Å²) in [5.74, 6) is 2.31. The maximum atomic E-state index is 12.0. The number of nitrogens with one attached hydrogen (secondary N) is 2. The van der Waals surface area contributed by atoms with Gasteiger partial charge >= 0.3 is 0 Å². The second kappa shape index (κ2) is 10.5. The van der Waals surface area contributed by atoms with Gasteiger partial charge in [-0.25, -0.2) is 5.43 Å². The molecule has 0 aliphatic heterocycles. The van der Waals surface area contributed by atoms with E-state index in [2.05, 4.69) is 21.8 Å². The van der Waals surface area contributed by atoms with Crippen LogP contribution >= 0.6 is 0 Å². The topological polar surface area (TPSA) is 89.0 Å². The Balaban J connectivity index is 1.94. The number of rotatable bonds is 8. The first-order valence-corrected chi connectivity index (χ1v) is 8.87. The first-order valence-electron chi connectivity index (χ1n) is 8.87. The minimum Gasteiger partial charge on any atom is -0.493 e. The first kappa shape index (κ1) is 21.5. The van der Waals surface area contributed by atoms with E-state index in [-0.39, 0.29) is 13.0 Å². The minimum absolute atomic E-state index is 0.0617. The maximum absolute atomic E-state index is 12.0. The van der Waals surface area contributed by atoms with Gasteiger partial charge in [0.25, 0.3) is 0 Å². The van der Waals surface area contributed by atoms with Crippen molar-refractivity contribution >= 4 is 23.7 Å². The normalized spacial score (nSPS) is 10.3. The molecule has 150 valence electrons. The predicted molar refractivity (Wildman–Crippen MR) is 112 cm³/mol. The van der Waals surface area contributed by atoms with Gasteiger partial charge in [0, 0.05) is 11.3 Å². The number of carbonyl (C=O) groups is 2. The number of benzene rings is 2. The SMILES string of the molecule is C#CCOc1c(C=NNC(=O)CC(=O)Nc2ccc(C)c(C)c2)cccc1OC. The van der Waals surface area contributed by atoms with E-state index in [9.17, 15) is 9.59 Å². The van der Waals surface area contributed by atoms with Crippen molar-refractivity contribution in [2.75, 3.05) is 19.0 Å². The second-order valence-electron chi connectivity index (χ2n) is 6.19. The fourth-order valence-electron chi connectivity index (χ4n) is 2.45. The predicted octanol–water partition coefficient (Wildman–Crippen LogP) is 2.80. The maximum Gasteiger partial charge on any atom is 0.249 e. The average molecular weight is 393 g/mol. The van der Waals surface area contributed by atoms with Crippen LogP contribution in [-0.4, -0.2) is 31.7 Å². The summed E-state index contributed by atoms with van der Waals surface area (Å²) in [5, 5.41) is 6.57. The van der Waals surface area contributed by atoms with Crippen LogP contribution in [0.15, 0.2) is 41.5 Å². The van der Waals surface area contributed by atoms with Crippen molar-refractivity contribution in [2.24, 2.45) is 5.10 Å². The molecule has 0 saturated carbocycles. The lowest BCUT2D eigenvalue weighted by Crippen LogP contribution is -2.24. The summed E-state index contributed by atoms with van der Waals surface area (Å²) in [5.41, 5.74) is 5.71. The summed E-state index contributed by atoms with van der Waals surface area (Å²) in [6, 6.07) is 10.8. The monoisotopic (exact) mass is 393 g/mol. The molecule has 0 atom stereocenters. The third-order valence-corrected chi connectivity index (χ3v) is 4.03. The zero-order valence-corrected chi connectivity index (χ0v) is 16.6. The fraction of sp³-hybridized carbons (Fsp3) is 0.227. The van der Waals surface area contributed by atoms with Gasteiger partial charge < -0.3 is 14.8 Å². The van der Waals surface area contributed by atoms with E-state index >= 15 is 0 Å². The number of amides is 2. The van der Waals surface area contributed by atoms with Crippen LogP contribution in [0.4, 0.5) is 5.69 Å². The summed E-state index contributed by atoms with van der Waals surface area (Å²) in [4.78, 5) is 24.0. The molecule has 7 nitrogen and oxygen atoms in total. The molecule has 0 heterocycles. The van der Waals surface area contributed by atoms with Crippen molar-refractivity contribution in [3.05, 3.63) is 53.1 Å². The van der Waals surface area contributed by atoms with Crippen LogP contribution in [0.25, 0.3) is 0 Å². The van der Waals surface area contributed by atoms with Crippen LogP contribution in [0.1, 0.15) is 23.1 Å². The molecule has 7 heteroatoms. The molecule has 2 aromatic carbocycles. The summed E-state index contributed by atoms with van der Waals surface area (Å²) >= 11 is 0. The number of nitrogens with zero attached hydrogens (tertiary/aromatic N) is 1. The largest absolute Gasteiger partial charge is 0.493 e. The third-order valence-electron chi connectivity index (χ3n) is 4.03. The van der Waals surface area contributed by atoms with Gasteiger partial charge in [-0.1, -0.05) is 18.1 Å². The van der Waals surface area contributed by atoms with Gasteiger partial charge in [-0.15, -0.1) is 6.42 Å². The number of anilines is 1. The summed E-state index contributed by atoms with van der Waals surface area (Å²) in [7, 11) is 1.51. The number of hydrazone groups is 1. The highest BCUT2D eigenvalue weighted by molar-refractivity contribution is 6.03. The highest BCUT2D eigenvalue weighted by Crippen LogP contribution is 2.29. The second-order valence-corrected chi connectivity index (χ2v) is 6.19. The molecule has 0 aliphatic rings. The highest BCUT2D eigenvalue weighted by Gasteiger charge is 2.11. The van der Waals surface area contributed by atoms with Gasteiger partial charge in [0.2, 0.25) is 11.8 Å². The lowest BCUT2D eigenvalue weighted by Gasteiger charge is -2.11. The number of carbonyl (C=O) groups excluding carboxylic acids is 2. The van der Waals surface area contributed by atoms with Crippen LogP contribution in [0.2, 0.25) is 0 Å². The molecule has 2 amide bonds. The molecular weight excluding hydrogens is 370 g/mol. The molecular formula is C22H23N3O4. The van der Waals surface area contributed by atoms with Gasteiger partial charge in [-0.2, -0.15) is 5.10 Å². The first-order chi connectivity index (χ1) is 13.9. The Morgan fingerprint density at radius 3 is 2.66 bits per heavy atom. The molecule has 2 N–H and O–H groups in total. The number of aryl methyl sites for hydroxylation is 2. The smallest absolute Gasteiger partial charge is 0.249 e. The minimum atomic E-state index is -0.545. The number of terminal acetylenes is 1. The number of ether oxygens (including phenoxy) is 2. The molecule has 2 rings (SSSR count). The Morgan fingerprint density at radius 1 is 1.17 bits per heavy atom. The Labute approximate surface area is 170 Å². The molecule has 0 unspecified atom stereocenters. The zero-order chi connectivity index (χ0) is 21.2. The fourth-order valence-corrected chi connectivity index (χ4v) is 2.45. The molecule has 0 saturated heterocycles. The van der Waals surface area contributed by atoms with Crippen LogP contribution in [0, 0.1) is 26.2 Å². The van der Waals surface area contributed by atoms with E-state index in [4.69, 9.17) is 15.9 Å². The number of hydrogen-bond donors (Lipinski definition) is 2. The van der Waals surface area contributed by atoms with Gasteiger partial charge in [0.05, 0.1) is 13.3 Å². The van der Waals surface area contributed by atoms with Crippen molar-refractivity contribution in [1.29, 1.82) is 0 Å². The molecule has 2 aromatic rings. The third kappa shape index (κ3) is 6.40. The van der Waals surface area contributed by atoms with Gasteiger partial charge in [-0.3, -0.25) is 9.59 Å². The lowest BCUT2D eigenvalue weighted by atomic mass is 10.1. The molecule has 0 aliphatic carbocycles. The van der Waals surface area contributed by atoms with E-state index in [1.165, 1.54) is 13.3 Å². The quantitative estimate of drug-likeness (QED) is 0.312. The molecule has 0 aromatic heterocycles. The van der Waals surface area contributed by atoms with Crippen LogP contribution in [-0.2, 0) is 9.59 Å². The Hall–Kier alpha value is -3.79. The Bertz CT molecular complexity index is 961. The van der Waals surface area contributed by atoms with E-state index in [1.807, 2.05) is 26.0 Å². The summed E-state index contributed by atoms with van der Waals surface area (Å²) in [6.45, 7) is 4.00. The van der Waals surface area contributed by atoms with Gasteiger partial charge in [0.1, 0.15) is 13.0 Å². The number of hydrogen-bond acceptors (Lipinski definition) is 5. The van der Waals surface area contributed by atoms with Crippen LogP contribution in [0.3, 0.4) is 0 Å². The van der Waals surface area contributed by atoms with Gasteiger partial charge in [-0.05, 0) is 49.2 Å². The van der Waals surface area contributed by atoms with E-state index in [0.717, 1.165) is 11.1 Å². The molecule has 0 spiro atoms. The number of para-hydroxylation sites is 1. The summed E-state index contributed by atoms with van der Waals surface area (Å²) < 4.78 is 10.7. The molecule has 0 fully saturated rings. The van der Waals surface area contributed by atoms with Crippen molar-refractivity contribution in [3.8, 4) is 23.8 Å². The van der Waals surface area contributed by atoms with Crippen molar-refractivity contribution < 1.29 is 19.1 Å². The summed E-state index contributed by atoms with van der Waals surface area (Å²) in [6.07, 6.45) is 6.27. The molecule has 29 heavy (non-hydrogen) atoms.